The van der Waals surface area contributed by atoms with Crippen LogP contribution in [0.4, 0.5) is 0 Å². The molecule has 0 aliphatic carbocycles. The number of halogens is 2. The number of hydrogen-bond donors (Lipinski definition) is 3. The van der Waals surface area contributed by atoms with Crippen molar-refractivity contribution in [2.24, 2.45) is 0 Å². The van der Waals surface area contributed by atoms with Crippen molar-refractivity contribution in [3.8, 4) is 0 Å². The summed E-state index contributed by atoms with van der Waals surface area (Å²) in [5.41, 5.74) is 3.55. The van der Waals surface area contributed by atoms with E-state index in [-0.39, 0.29) is 24.8 Å². The summed E-state index contributed by atoms with van der Waals surface area (Å²) in [4.78, 5) is 11.7. The largest absolute Gasteiger partial charge is 1.00 e. The van der Waals surface area contributed by atoms with Gasteiger partial charge in [0.05, 0.1) is 13.1 Å². The molecule has 6 heteroatoms. The van der Waals surface area contributed by atoms with E-state index in [1.165, 1.54) is 4.90 Å². The Balaban J connectivity index is -0.000000500. The number of carboxylic acids is 1. The monoisotopic (exact) mass is 232 g/mol. The fraction of sp³-hybridized carbons (Fsp3) is 0.857. The minimum Gasteiger partial charge on any atom is -1.00 e. The lowest BCUT2D eigenvalue weighted by Crippen LogP contribution is -3.14. The zero-order valence-corrected chi connectivity index (χ0v) is 9.53. The van der Waals surface area contributed by atoms with Gasteiger partial charge in [0, 0.05) is 0 Å². The lowest BCUT2D eigenvalue weighted by molar-refractivity contribution is -0.904. The van der Waals surface area contributed by atoms with E-state index in [2.05, 4.69) is 5.73 Å². The van der Waals surface area contributed by atoms with Gasteiger partial charge in [-0.25, -0.2) is 4.79 Å². The van der Waals surface area contributed by atoms with Crippen molar-refractivity contribution in [3.63, 3.8) is 0 Å². The van der Waals surface area contributed by atoms with Crippen LogP contribution in [0.2, 0.25) is 0 Å². The van der Waals surface area contributed by atoms with Crippen LogP contribution in [0.5, 0.6) is 0 Å². The van der Waals surface area contributed by atoms with E-state index in [0.29, 0.717) is 6.54 Å². The molecule has 0 saturated carbocycles. The molecule has 0 bridgehead atoms. The Morgan fingerprint density at radius 1 is 1.38 bits per heavy atom. The van der Waals surface area contributed by atoms with Gasteiger partial charge in [-0.2, -0.15) is 0 Å². The third kappa shape index (κ3) is 8.30. The van der Waals surface area contributed by atoms with Gasteiger partial charge in [-0.1, -0.05) is 0 Å². The number of nitrogens with one attached hydrogen (secondary N) is 1. The number of hydrogen-bond acceptors (Lipinski definition) is 1. The average Bonchev–Trinajstić information content (AvgIpc) is 1.99. The molecule has 0 aliphatic heterocycles. The Kier molecular flexibility index (Phi) is 14.5. The Hall–Kier alpha value is -0.0300. The zero-order valence-electron chi connectivity index (χ0n) is 8.02. The predicted octanol–water partition coefficient (Wildman–Crippen LogP) is -8.39. The summed E-state index contributed by atoms with van der Waals surface area (Å²) >= 11 is 0. The number of carboxylic acid groups (broad SMARTS) is 1. The summed E-state index contributed by atoms with van der Waals surface area (Å²) in [6.07, 6.45) is 0. The number of carbonyl (C=O) groups is 1. The van der Waals surface area contributed by atoms with E-state index in [0.717, 1.165) is 13.1 Å². The molecule has 0 amide bonds. The minimum absolute atomic E-state index is 0. The van der Waals surface area contributed by atoms with Crippen LogP contribution in [-0.2, 0) is 4.79 Å². The lowest BCUT2D eigenvalue weighted by Gasteiger charge is -2.15. The maximum atomic E-state index is 10.4. The molecular weight excluding hydrogens is 215 g/mol. The first-order chi connectivity index (χ1) is 5.11. The van der Waals surface area contributed by atoms with E-state index in [4.69, 9.17) is 5.11 Å². The summed E-state index contributed by atoms with van der Waals surface area (Å²) < 4.78 is 0. The number of aliphatic carboxylic acids is 1. The third-order valence-electron chi connectivity index (χ3n) is 1.88. The normalized spacial score (nSPS) is 11.4. The summed E-state index contributed by atoms with van der Waals surface area (Å²) in [7, 11) is 0. The van der Waals surface area contributed by atoms with Crippen LogP contribution in [0.1, 0.15) is 13.8 Å². The average molecular weight is 233 g/mol. The molecule has 5 N–H and O–H groups in total. The standard InChI is InChI=1S/C7H16N2O2.2ClH/c1-3-9(4-2)5-6(8)7(10)11;;/h6H,3-5,8H2,1-2H3,(H,10,11);2*1H. The number of quaternary nitrogens is 2. The fourth-order valence-electron chi connectivity index (χ4n) is 0.974. The molecule has 0 rings (SSSR count). The second kappa shape index (κ2) is 10.1. The van der Waals surface area contributed by atoms with Crippen LogP contribution in [0, 0.1) is 0 Å². The van der Waals surface area contributed by atoms with Crippen LogP contribution >= 0.6 is 0 Å². The molecule has 4 nitrogen and oxygen atoms in total. The van der Waals surface area contributed by atoms with E-state index >= 15 is 0 Å². The molecule has 0 heterocycles. The van der Waals surface area contributed by atoms with Gasteiger partial charge in [-0.05, 0) is 13.8 Å². The van der Waals surface area contributed by atoms with E-state index in [1.807, 2.05) is 13.8 Å². The molecule has 0 saturated heterocycles. The summed E-state index contributed by atoms with van der Waals surface area (Å²) in [5.74, 6) is -0.801. The third-order valence-corrected chi connectivity index (χ3v) is 1.88. The lowest BCUT2D eigenvalue weighted by atomic mass is 10.3. The molecule has 0 aromatic rings. The molecule has 1 atom stereocenters. The van der Waals surface area contributed by atoms with Crippen molar-refractivity contribution in [2.45, 2.75) is 19.9 Å². The topological polar surface area (TPSA) is 69.4 Å². The first kappa shape index (κ1) is 18.7. The second-order valence-corrected chi connectivity index (χ2v) is 2.70. The summed E-state index contributed by atoms with van der Waals surface area (Å²) in [5, 5.41) is 8.55. The molecule has 1 unspecified atom stereocenters. The molecule has 13 heavy (non-hydrogen) atoms. The zero-order chi connectivity index (χ0) is 8.85. The Labute approximate surface area is 91.3 Å². The maximum Gasteiger partial charge on any atom is 0.368 e. The van der Waals surface area contributed by atoms with Crippen LogP contribution in [0.25, 0.3) is 0 Å². The molecule has 0 aliphatic rings. The van der Waals surface area contributed by atoms with E-state index in [9.17, 15) is 4.79 Å². The summed E-state index contributed by atoms with van der Waals surface area (Å²) in [6.45, 7) is 6.66. The second-order valence-electron chi connectivity index (χ2n) is 2.70. The van der Waals surface area contributed by atoms with Crippen LogP contribution in [-0.4, -0.2) is 36.8 Å². The Morgan fingerprint density at radius 2 is 1.77 bits per heavy atom. The highest BCUT2D eigenvalue weighted by Crippen LogP contribution is 1.67. The van der Waals surface area contributed by atoms with Gasteiger partial charge in [0.2, 0.25) is 6.04 Å². The fourth-order valence-corrected chi connectivity index (χ4v) is 0.974. The highest BCUT2D eigenvalue weighted by atomic mass is 35.5. The van der Waals surface area contributed by atoms with Crippen LogP contribution < -0.4 is 35.4 Å². The number of rotatable bonds is 5. The van der Waals surface area contributed by atoms with Crippen molar-refractivity contribution < 1.29 is 45.3 Å². The molecule has 0 aromatic heterocycles. The highest BCUT2D eigenvalue weighted by Gasteiger charge is 2.20. The molecule has 0 aromatic carbocycles. The van der Waals surface area contributed by atoms with Crippen molar-refractivity contribution in [1.29, 1.82) is 0 Å². The molecule has 0 spiro atoms. The van der Waals surface area contributed by atoms with Crippen molar-refractivity contribution >= 4 is 5.97 Å². The smallest absolute Gasteiger partial charge is 0.368 e. The van der Waals surface area contributed by atoms with Crippen LogP contribution in [0.3, 0.4) is 0 Å². The Morgan fingerprint density at radius 3 is 2.00 bits per heavy atom. The number of likely N-dealkylation sites (N-methyl/N-ethyl adjacent to an activating group) is 1. The first-order valence-electron chi connectivity index (χ1n) is 4.01. The molecular formula is C7H18Cl2N2O2. The predicted molar refractivity (Wildman–Crippen MR) is 41.2 cm³/mol. The van der Waals surface area contributed by atoms with Gasteiger partial charge in [0.25, 0.3) is 0 Å². The van der Waals surface area contributed by atoms with Gasteiger partial charge in [-0.15, -0.1) is 0 Å². The van der Waals surface area contributed by atoms with E-state index < -0.39 is 12.0 Å². The molecule has 82 valence electrons. The quantitative estimate of drug-likeness (QED) is 0.441. The minimum atomic E-state index is -0.801. The van der Waals surface area contributed by atoms with Gasteiger partial charge in [0.1, 0.15) is 6.54 Å². The van der Waals surface area contributed by atoms with Gasteiger partial charge >= 0.3 is 5.97 Å². The van der Waals surface area contributed by atoms with Gasteiger partial charge in [-0.3, -0.25) is 0 Å². The molecule has 0 fully saturated rings. The van der Waals surface area contributed by atoms with Crippen molar-refractivity contribution in [2.75, 3.05) is 19.6 Å². The van der Waals surface area contributed by atoms with Gasteiger partial charge < -0.3 is 40.6 Å². The first-order valence-corrected chi connectivity index (χ1v) is 4.01. The van der Waals surface area contributed by atoms with Gasteiger partial charge in [0.15, 0.2) is 0 Å². The molecule has 0 radical (unpaired) electrons. The maximum absolute atomic E-state index is 10.4. The SMILES string of the molecule is CC[NH+](CC)CC([NH3+])C(=O)O.[Cl-].[Cl-]. The van der Waals surface area contributed by atoms with Crippen LogP contribution in [0.15, 0.2) is 0 Å². The Bertz CT molecular complexity index is 132. The summed E-state index contributed by atoms with van der Waals surface area (Å²) in [6, 6.07) is -0.468. The van der Waals surface area contributed by atoms with E-state index in [1.54, 1.807) is 0 Å². The highest BCUT2D eigenvalue weighted by molar-refractivity contribution is 5.71. The van der Waals surface area contributed by atoms with Crippen molar-refractivity contribution in [3.05, 3.63) is 0 Å². The van der Waals surface area contributed by atoms with Crippen molar-refractivity contribution in [1.82, 2.24) is 0 Å².